The number of hydrogen-bond donors (Lipinski definition) is 2. The van der Waals surface area contributed by atoms with Crippen LogP contribution in [0, 0.1) is 10.1 Å². The molecule has 2 aromatic rings. The predicted octanol–water partition coefficient (Wildman–Crippen LogP) is 3.14. The number of anilines is 1. The lowest BCUT2D eigenvalue weighted by molar-refractivity contribution is -0.384. The Morgan fingerprint density at radius 2 is 1.74 bits per heavy atom. The maximum absolute atomic E-state index is 12.0. The van der Waals surface area contributed by atoms with Gasteiger partial charge in [-0.25, -0.2) is 0 Å². The van der Waals surface area contributed by atoms with Gasteiger partial charge < -0.3 is 15.4 Å². The third-order valence-corrected chi connectivity index (χ3v) is 3.84. The molecule has 0 aliphatic heterocycles. The standard InChI is InChI=1S/C19H21N3O5/c1-3-13(2)20-19(24)14-4-6-15(7-5-14)21-18(23)12-27-17-10-8-16(9-11-17)22(25)26/h4-11,13H,3,12H2,1-2H3,(H,20,24)(H,21,23). The van der Waals surface area contributed by atoms with E-state index in [0.29, 0.717) is 17.0 Å². The number of rotatable bonds is 8. The van der Waals surface area contributed by atoms with Crippen molar-refractivity contribution in [1.29, 1.82) is 0 Å². The van der Waals surface area contributed by atoms with Crippen LogP contribution in [0.2, 0.25) is 0 Å². The Bertz CT molecular complexity index is 803. The summed E-state index contributed by atoms with van der Waals surface area (Å²) in [6.07, 6.45) is 0.842. The van der Waals surface area contributed by atoms with E-state index in [0.717, 1.165) is 6.42 Å². The van der Waals surface area contributed by atoms with Crippen molar-refractivity contribution in [3.05, 3.63) is 64.2 Å². The van der Waals surface area contributed by atoms with Gasteiger partial charge in [0.25, 0.3) is 17.5 Å². The molecule has 0 fully saturated rings. The summed E-state index contributed by atoms with van der Waals surface area (Å²) < 4.78 is 5.29. The number of non-ortho nitro benzene ring substituents is 1. The Morgan fingerprint density at radius 1 is 1.11 bits per heavy atom. The fourth-order valence-corrected chi connectivity index (χ4v) is 2.12. The monoisotopic (exact) mass is 371 g/mol. The van der Waals surface area contributed by atoms with Crippen LogP contribution in [0.25, 0.3) is 0 Å². The van der Waals surface area contributed by atoms with Gasteiger partial charge in [-0.2, -0.15) is 0 Å². The Morgan fingerprint density at radius 3 is 2.30 bits per heavy atom. The number of nitro groups is 1. The zero-order valence-corrected chi connectivity index (χ0v) is 15.1. The maximum atomic E-state index is 12.0. The molecule has 2 N–H and O–H groups in total. The van der Waals surface area contributed by atoms with Gasteiger partial charge in [0.1, 0.15) is 5.75 Å². The molecule has 0 radical (unpaired) electrons. The first-order valence-electron chi connectivity index (χ1n) is 8.47. The largest absolute Gasteiger partial charge is 0.484 e. The SMILES string of the molecule is CCC(C)NC(=O)c1ccc(NC(=O)COc2ccc([N+](=O)[O-])cc2)cc1. The number of benzene rings is 2. The lowest BCUT2D eigenvalue weighted by Crippen LogP contribution is -2.31. The minimum Gasteiger partial charge on any atom is -0.484 e. The molecule has 27 heavy (non-hydrogen) atoms. The van der Waals surface area contributed by atoms with Gasteiger partial charge >= 0.3 is 0 Å². The van der Waals surface area contributed by atoms with E-state index in [2.05, 4.69) is 10.6 Å². The van der Waals surface area contributed by atoms with Gasteiger partial charge in [-0.05, 0) is 49.7 Å². The highest BCUT2D eigenvalue weighted by molar-refractivity contribution is 5.96. The van der Waals surface area contributed by atoms with Gasteiger partial charge in [0.05, 0.1) is 4.92 Å². The minimum absolute atomic E-state index is 0.0516. The van der Waals surface area contributed by atoms with E-state index in [1.165, 1.54) is 24.3 Å². The Hall–Kier alpha value is -3.42. The van der Waals surface area contributed by atoms with Crippen molar-refractivity contribution in [1.82, 2.24) is 5.32 Å². The zero-order valence-electron chi connectivity index (χ0n) is 15.1. The number of amides is 2. The molecule has 8 nitrogen and oxygen atoms in total. The van der Waals surface area contributed by atoms with Gasteiger partial charge in [0.15, 0.2) is 6.61 Å². The first-order valence-corrected chi connectivity index (χ1v) is 8.47. The minimum atomic E-state index is -0.511. The predicted molar refractivity (Wildman–Crippen MR) is 101 cm³/mol. The van der Waals surface area contributed by atoms with E-state index in [1.54, 1.807) is 24.3 Å². The Kier molecular flexibility index (Phi) is 6.87. The molecule has 2 rings (SSSR count). The quantitative estimate of drug-likeness (QED) is 0.547. The van der Waals surface area contributed by atoms with Gasteiger partial charge in [0, 0.05) is 29.4 Å². The number of nitrogens with zero attached hydrogens (tertiary/aromatic N) is 1. The van der Waals surface area contributed by atoms with Crippen LogP contribution in [0.5, 0.6) is 5.75 Å². The molecule has 0 aliphatic carbocycles. The number of carbonyl (C=O) groups excluding carboxylic acids is 2. The Balaban J connectivity index is 1.84. The van der Waals surface area contributed by atoms with E-state index in [9.17, 15) is 19.7 Å². The number of carbonyl (C=O) groups is 2. The summed E-state index contributed by atoms with van der Waals surface area (Å²) in [6, 6.07) is 12.1. The van der Waals surface area contributed by atoms with Gasteiger partial charge in [0.2, 0.25) is 0 Å². The van der Waals surface area contributed by atoms with E-state index >= 15 is 0 Å². The normalized spacial score (nSPS) is 11.3. The summed E-state index contributed by atoms with van der Waals surface area (Å²) in [4.78, 5) is 34.0. The van der Waals surface area contributed by atoms with Crippen LogP contribution in [0.15, 0.2) is 48.5 Å². The summed E-state index contributed by atoms with van der Waals surface area (Å²) >= 11 is 0. The fraction of sp³-hybridized carbons (Fsp3) is 0.263. The molecule has 0 aliphatic rings. The van der Waals surface area contributed by atoms with Crippen LogP contribution in [0.1, 0.15) is 30.6 Å². The highest BCUT2D eigenvalue weighted by Gasteiger charge is 2.10. The van der Waals surface area contributed by atoms with Crippen molar-refractivity contribution >= 4 is 23.2 Å². The third kappa shape index (κ3) is 6.10. The second-order valence-electron chi connectivity index (χ2n) is 5.95. The van der Waals surface area contributed by atoms with E-state index < -0.39 is 4.92 Å². The number of nitrogens with one attached hydrogen (secondary N) is 2. The summed E-state index contributed by atoms with van der Waals surface area (Å²) in [5.41, 5.74) is 0.993. The van der Waals surface area contributed by atoms with Crippen LogP contribution >= 0.6 is 0 Å². The van der Waals surface area contributed by atoms with Gasteiger partial charge in [-0.1, -0.05) is 6.92 Å². The molecule has 0 bridgehead atoms. The molecule has 1 atom stereocenters. The van der Waals surface area contributed by atoms with Crippen molar-refractivity contribution in [2.24, 2.45) is 0 Å². The molecule has 142 valence electrons. The molecule has 0 saturated heterocycles. The second kappa shape index (κ2) is 9.33. The fourth-order valence-electron chi connectivity index (χ4n) is 2.12. The molecule has 1 unspecified atom stereocenters. The van der Waals surface area contributed by atoms with Crippen LogP contribution in [-0.4, -0.2) is 29.4 Å². The van der Waals surface area contributed by atoms with Crippen molar-refractivity contribution < 1.29 is 19.2 Å². The smallest absolute Gasteiger partial charge is 0.269 e. The Labute approximate surface area is 156 Å². The first-order chi connectivity index (χ1) is 12.9. The summed E-state index contributed by atoms with van der Waals surface area (Å²) in [5, 5.41) is 16.1. The van der Waals surface area contributed by atoms with Crippen LogP contribution in [0.3, 0.4) is 0 Å². The van der Waals surface area contributed by atoms with Gasteiger partial charge in [-0.15, -0.1) is 0 Å². The summed E-state index contributed by atoms with van der Waals surface area (Å²) in [5.74, 6) is -0.193. The van der Waals surface area contributed by atoms with Crippen LogP contribution < -0.4 is 15.4 Å². The number of nitro benzene ring substituents is 1. The van der Waals surface area contributed by atoms with E-state index in [4.69, 9.17) is 4.74 Å². The third-order valence-electron chi connectivity index (χ3n) is 3.84. The molecule has 2 aromatic carbocycles. The topological polar surface area (TPSA) is 111 Å². The molecule has 0 heterocycles. The lowest BCUT2D eigenvalue weighted by Gasteiger charge is -2.12. The first kappa shape index (κ1) is 19.9. The zero-order chi connectivity index (χ0) is 19.8. The van der Waals surface area contributed by atoms with E-state index in [1.807, 2.05) is 13.8 Å². The number of hydrogen-bond acceptors (Lipinski definition) is 5. The average Bonchev–Trinajstić information content (AvgIpc) is 2.67. The molecular formula is C19H21N3O5. The molecule has 8 heteroatoms. The highest BCUT2D eigenvalue weighted by atomic mass is 16.6. The molecule has 2 amide bonds. The molecule has 0 aromatic heterocycles. The maximum Gasteiger partial charge on any atom is 0.269 e. The molecular weight excluding hydrogens is 350 g/mol. The second-order valence-corrected chi connectivity index (χ2v) is 5.95. The molecule has 0 saturated carbocycles. The van der Waals surface area contributed by atoms with Gasteiger partial charge in [-0.3, -0.25) is 19.7 Å². The van der Waals surface area contributed by atoms with Crippen molar-refractivity contribution in [3.63, 3.8) is 0 Å². The van der Waals surface area contributed by atoms with Crippen molar-refractivity contribution in [3.8, 4) is 5.75 Å². The highest BCUT2D eigenvalue weighted by Crippen LogP contribution is 2.17. The van der Waals surface area contributed by atoms with Crippen LogP contribution in [0.4, 0.5) is 11.4 Å². The summed E-state index contributed by atoms with van der Waals surface area (Å²) in [6.45, 7) is 3.67. The summed E-state index contributed by atoms with van der Waals surface area (Å²) in [7, 11) is 0. The number of ether oxygens (including phenoxy) is 1. The molecule has 0 spiro atoms. The van der Waals surface area contributed by atoms with Crippen molar-refractivity contribution in [2.45, 2.75) is 26.3 Å². The van der Waals surface area contributed by atoms with Crippen LogP contribution in [-0.2, 0) is 4.79 Å². The lowest BCUT2D eigenvalue weighted by atomic mass is 10.1. The van der Waals surface area contributed by atoms with E-state index in [-0.39, 0.29) is 30.2 Å². The average molecular weight is 371 g/mol. The van der Waals surface area contributed by atoms with Crippen molar-refractivity contribution in [2.75, 3.05) is 11.9 Å².